The monoisotopic (exact) mass is 443 g/mol. The molecule has 0 aliphatic carbocycles. The van der Waals surface area contributed by atoms with Crippen LogP contribution >= 0.6 is 0 Å². The number of rotatable bonds is 5. The Morgan fingerprint density at radius 1 is 0.970 bits per heavy atom. The fraction of sp³-hybridized carbons (Fsp3) is 0.125. The number of anilines is 1. The Morgan fingerprint density at radius 2 is 1.73 bits per heavy atom. The van der Waals surface area contributed by atoms with E-state index < -0.39 is 23.2 Å². The summed E-state index contributed by atoms with van der Waals surface area (Å²) in [4.78, 5) is 55.4. The molecule has 0 unspecified atom stereocenters. The van der Waals surface area contributed by atoms with Crippen LogP contribution in [-0.2, 0) is 7.05 Å². The number of aromatic amines is 1. The molecule has 0 radical (unpaired) electrons. The zero-order valence-electron chi connectivity index (χ0n) is 18.0. The predicted molar refractivity (Wildman–Crippen MR) is 124 cm³/mol. The summed E-state index contributed by atoms with van der Waals surface area (Å²) in [5.41, 5.74) is 0.938. The number of benzene rings is 2. The van der Waals surface area contributed by atoms with Crippen molar-refractivity contribution in [3.8, 4) is 0 Å². The Morgan fingerprint density at radius 3 is 2.48 bits per heavy atom. The summed E-state index contributed by atoms with van der Waals surface area (Å²) < 4.78 is 1.18. The van der Waals surface area contributed by atoms with Crippen molar-refractivity contribution < 1.29 is 9.59 Å². The van der Waals surface area contributed by atoms with Gasteiger partial charge in [0, 0.05) is 18.3 Å². The van der Waals surface area contributed by atoms with Gasteiger partial charge in [-0.3, -0.25) is 23.9 Å². The highest BCUT2D eigenvalue weighted by Crippen LogP contribution is 2.19. The first-order chi connectivity index (χ1) is 15.8. The Labute approximate surface area is 188 Å². The van der Waals surface area contributed by atoms with Gasteiger partial charge in [0.1, 0.15) is 11.3 Å². The van der Waals surface area contributed by atoms with E-state index in [1.165, 1.54) is 23.7 Å². The van der Waals surface area contributed by atoms with Gasteiger partial charge in [-0.2, -0.15) is 0 Å². The molecule has 0 saturated carbocycles. The van der Waals surface area contributed by atoms with E-state index in [9.17, 15) is 19.2 Å². The summed E-state index contributed by atoms with van der Waals surface area (Å²) in [6.45, 7) is 1.80. The van der Waals surface area contributed by atoms with Crippen LogP contribution < -0.4 is 21.9 Å². The van der Waals surface area contributed by atoms with Crippen LogP contribution in [0.3, 0.4) is 0 Å². The molecule has 0 saturated heterocycles. The number of carbonyl (C=O) groups is 2. The lowest BCUT2D eigenvalue weighted by atomic mass is 10.1. The number of carbonyl (C=O) groups excluding carboxylic acids is 2. The summed E-state index contributed by atoms with van der Waals surface area (Å²) >= 11 is 0. The second-order valence-corrected chi connectivity index (χ2v) is 7.53. The van der Waals surface area contributed by atoms with Crippen LogP contribution in [0, 0.1) is 0 Å². The van der Waals surface area contributed by atoms with Gasteiger partial charge in [0.2, 0.25) is 0 Å². The quantitative estimate of drug-likeness (QED) is 0.437. The Bertz CT molecular complexity index is 1470. The highest BCUT2D eigenvalue weighted by molar-refractivity contribution is 6.04. The zero-order valence-corrected chi connectivity index (χ0v) is 18.0. The van der Waals surface area contributed by atoms with E-state index >= 15 is 0 Å². The van der Waals surface area contributed by atoms with Crippen LogP contribution in [0.25, 0.3) is 11.0 Å². The molecular formula is C24H21N5O4. The van der Waals surface area contributed by atoms with E-state index in [0.29, 0.717) is 11.3 Å². The van der Waals surface area contributed by atoms with Crippen LogP contribution in [0.2, 0.25) is 0 Å². The molecular weight excluding hydrogens is 422 g/mol. The summed E-state index contributed by atoms with van der Waals surface area (Å²) in [6.07, 6.45) is 0. The SMILES string of the molecule is C[C@@H](NC(=O)c1ccc2c(=O)[nH]c(=O)n(C)c2n1)c1cccc(NC(=O)c2ccccc2)c1. The number of nitrogens with one attached hydrogen (secondary N) is 3. The van der Waals surface area contributed by atoms with Crippen molar-refractivity contribution in [2.45, 2.75) is 13.0 Å². The van der Waals surface area contributed by atoms with Gasteiger partial charge < -0.3 is 10.6 Å². The molecule has 1 atom stereocenters. The molecule has 4 rings (SSSR count). The molecule has 9 nitrogen and oxygen atoms in total. The molecule has 33 heavy (non-hydrogen) atoms. The van der Waals surface area contributed by atoms with Crippen LogP contribution in [0.4, 0.5) is 5.69 Å². The number of nitrogens with zero attached hydrogens (tertiary/aromatic N) is 2. The highest BCUT2D eigenvalue weighted by atomic mass is 16.2. The first-order valence-electron chi connectivity index (χ1n) is 10.2. The molecule has 2 heterocycles. The van der Waals surface area contributed by atoms with Crippen molar-refractivity contribution in [2.75, 3.05) is 5.32 Å². The van der Waals surface area contributed by atoms with E-state index in [0.717, 1.165) is 5.56 Å². The molecule has 0 bridgehead atoms. The van der Waals surface area contributed by atoms with E-state index in [1.54, 1.807) is 49.4 Å². The predicted octanol–water partition coefficient (Wildman–Crippen LogP) is 2.37. The molecule has 0 spiro atoms. The molecule has 0 aliphatic heterocycles. The van der Waals surface area contributed by atoms with Crippen molar-refractivity contribution in [1.82, 2.24) is 19.9 Å². The third kappa shape index (κ3) is 4.57. The van der Waals surface area contributed by atoms with Gasteiger partial charge in [0.25, 0.3) is 17.4 Å². The standard InChI is InChI=1S/C24H21N5O4/c1-14(16-9-6-10-17(13-16)26-21(30)15-7-4-3-5-8-15)25-23(32)19-12-11-18-20(27-19)29(2)24(33)28-22(18)31/h3-14H,1-2H3,(H,25,32)(H,26,30)(H,28,31,33)/t14-/m1/s1. The Kier molecular flexibility index (Phi) is 5.86. The largest absolute Gasteiger partial charge is 0.344 e. The van der Waals surface area contributed by atoms with Crippen LogP contribution in [-0.4, -0.2) is 26.3 Å². The average molecular weight is 443 g/mol. The molecule has 0 aliphatic rings. The molecule has 2 aromatic heterocycles. The van der Waals surface area contributed by atoms with E-state index in [2.05, 4.69) is 20.6 Å². The van der Waals surface area contributed by atoms with Crippen molar-refractivity contribution >= 4 is 28.5 Å². The van der Waals surface area contributed by atoms with E-state index in [1.807, 2.05) is 12.1 Å². The second-order valence-electron chi connectivity index (χ2n) is 7.53. The maximum atomic E-state index is 12.8. The third-order valence-corrected chi connectivity index (χ3v) is 5.22. The number of aromatic nitrogens is 3. The van der Waals surface area contributed by atoms with Crippen molar-refractivity contribution in [3.05, 3.63) is 104 Å². The van der Waals surface area contributed by atoms with E-state index in [-0.39, 0.29) is 22.6 Å². The van der Waals surface area contributed by atoms with Gasteiger partial charge in [-0.15, -0.1) is 0 Å². The van der Waals surface area contributed by atoms with Crippen LogP contribution in [0.15, 0.2) is 76.3 Å². The molecule has 4 aromatic rings. The van der Waals surface area contributed by atoms with Gasteiger partial charge in [-0.1, -0.05) is 30.3 Å². The minimum absolute atomic E-state index is 0.0727. The number of H-pyrrole nitrogens is 1. The number of amides is 2. The molecule has 166 valence electrons. The number of hydrogen-bond acceptors (Lipinski definition) is 5. The molecule has 9 heteroatoms. The van der Waals surface area contributed by atoms with Crippen LogP contribution in [0.5, 0.6) is 0 Å². The number of hydrogen-bond donors (Lipinski definition) is 3. The number of fused-ring (bicyclic) bond motifs is 1. The van der Waals surface area contributed by atoms with E-state index in [4.69, 9.17) is 0 Å². The third-order valence-electron chi connectivity index (χ3n) is 5.22. The fourth-order valence-corrected chi connectivity index (χ4v) is 3.38. The lowest BCUT2D eigenvalue weighted by Gasteiger charge is -2.16. The Hall–Kier alpha value is -4.53. The van der Waals surface area contributed by atoms with Crippen molar-refractivity contribution in [3.63, 3.8) is 0 Å². The van der Waals surface area contributed by atoms with Gasteiger partial charge in [0.15, 0.2) is 0 Å². The second kappa shape index (κ2) is 8.91. The first-order valence-corrected chi connectivity index (χ1v) is 10.2. The zero-order chi connectivity index (χ0) is 23.5. The topological polar surface area (TPSA) is 126 Å². The first kappa shape index (κ1) is 21.7. The lowest BCUT2D eigenvalue weighted by molar-refractivity contribution is 0.0934. The summed E-state index contributed by atoms with van der Waals surface area (Å²) in [5.74, 6) is -0.693. The van der Waals surface area contributed by atoms with Crippen molar-refractivity contribution in [1.29, 1.82) is 0 Å². The van der Waals surface area contributed by atoms with Crippen LogP contribution in [0.1, 0.15) is 39.4 Å². The van der Waals surface area contributed by atoms with Gasteiger partial charge in [-0.25, -0.2) is 9.78 Å². The minimum atomic E-state index is -0.611. The maximum absolute atomic E-state index is 12.8. The maximum Gasteiger partial charge on any atom is 0.329 e. The van der Waals surface area contributed by atoms with Crippen molar-refractivity contribution in [2.24, 2.45) is 7.05 Å². The minimum Gasteiger partial charge on any atom is -0.344 e. The van der Waals surface area contributed by atoms with Gasteiger partial charge >= 0.3 is 5.69 Å². The smallest absolute Gasteiger partial charge is 0.329 e. The molecule has 3 N–H and O–H groups in total. The van der Waals surface area contributed by atoms with Gasteiger partial charge in [0.05, 0.1) is 11.4 Å². The fourth-order valence-electron chi connectivity index (χ4n) is 3.38. The number of aryl methyl sites for hydroxylation is 1. The summed E-state index contributed by atoms with van der Waals surface area (Å²) in [5, 5.41) is 5.91. The average Bonchev–Trinajstić information content (AvgIpc) is 2.83. The van der Waals surface area contributed by atoms with Gasteiger partial charge in [-0.05, 0) is 48.9 Å². The molecule has 2 amide bonds. The summed E-state index contributed by atoms with van der Waals surface area (Å²) in [7, 11) is 1.47. The Balaban J connectivity index is 1.52. The molecule has 0 fully saturated rings. The lowest BCUT2D eigenvalue weighted by Crippen LogP contribution is -2.31. The highest BCUT2D eigenvalue weighted by Gasteiger charge is 2.16. The normalized spacial score (nSPS) is 11.7. The number of pyridine rings is 1. The summed E-state index contributed by atoms with van der Waals surface area (Å²) in [6, 6.07) is 18.5. The molecule has 2 aromatic carbocycles.